The first-order chi connectivity index (χ1) is 5.31. The van der Waals surface area contributed by atoms with Gasteiger partial charge in [-0.3, -0.25) is 4.79 Å². The molecule has 0 aliphatic heterocycles. The van der Waals surface area contributed by atoms with Crippen LogP contribution in [-0.4, -0.2) is 16.8 Å². The van der Waals surface area contributed by atoms with E-state index in [9.17, 15) is 4.79 Å². The van der Waals surface area contributed by atoms with Gasteiger partial charge in [-0.05, 0) is 0 Å². The van der Waals surface area contributed by atoms with Crippen molar-refractivity contribution >= 4 is 12.0 Å². The molecule has 0 aromatic carbocycles. The van der Waals surface area contributed by atoms with Crippen LogP contribution in [0.25, 0.3) is 5.53 Å². The molecule has 3 nitrogen and oxygen atoms in total. The molecule has 0 amide bonds. The Labute approximate surface area is 66.0 Å². The van der Waals surface area contributed by atoms with Gasteiger partial charge in [-0.15, -0.1) is 11.8 Å². The van der Waals surface area contributed by atoms with Crippen molar-refractivity contribution in [3.05, 3.63) is 5.53 Å². The van der Waals surface area contributed by atoms with E-state index >= 15 is 0 Å². The average Bonchev–Trinajstić information content (AvgIpc) is 1.99. The maximum atomic E-state index is 10.6. The summed E-state index contributed by atoms with van der Waals surface area (Å²) in [6, 6.07) is 0. The topological polar surface area (TPSA) is 53.5 Å². The second-order valence-corrected chi connectivity index (χ2v) is 1.92. The smallest absolute Gasteiger partial charge is 0.323 e. The molecular weight excluding hydrogens is 140 g/mol. The molecule has 0 bridgehead atoms. The van der Waals surface area contributed by atoms with E-state index in [0.717, 1.165) is 12.6 Å². The first-order valence-corrected chi connectivity index (χ1v) is 3.47. The number of carbonyl (C=O) groups is 1. The van der Waals surface area contributed by atoms with Crippen molar-refractivity contribution in [1.82, 2.24) is 0 Å². The maximum absolute atomic E-state index is 10.6. The Morgan fingerprint density at radius 3 is 2.91 bits per heavy atom. The summed E-state index contributed by atoms with van der Waals surface area (Å²) < 4.78 is 0. The van der Waals surface area contributed by atoms with E-state index in [1.807, 2.05) is 6.92 Å². The van der Waals surface area contributed by atoms with E-state index in [0.29, 0.717) is 12.8 Å². The molecule has 0 atom stereocenters. The largest absolute Gasteiger partial charge is 0.361 e. The summed E-state index contributed by atoms with van der Waals surface area (Å²) in [6.07, 6.45) is 2.58. The van der Waals surface area contributed by atoms with Gasteiger partial charge in [0.1, 0.15) is 0 Å². The Kier molecular flexibility index (Phi) is 5.88. The van der Waals surface area contributed by atoms with Crippen LogP contribution in [0.2, 0.25) is 0 Å². The van der Waals surface area contributed by atoms with Crippen LogP contribution < -0.4 is 0 Å². The molecule has 3 heteroatoms. The minimum atomic E-state index is -0.196. The molecule has 11 heavy (non-hydrogen) atoms. The summed E-state index contributed by atoms with van der Waals surface area (Å²) in [5, 5.41) is 0. The summed E-state index contributed by atoms with van der Waals surface area (Å²) in [7, 11) is 0. The van der Waals surface area contributed by atoms with Crippen molar-refractivity contribution in [3.8, 4) is 11.8 Å². The van der Waals surface area contributed by atoms with Crippen LogP contribution in [-0.2, 0) is 4.79 Å². The standard InChI is InChI=1S/C8H10N2O/c1-2-3-4-5-6-8(11)7-10-9/h7H,2,5-6H2,1H3. The first-order valence-electron chi connectivity index (χ1n) is 3.47. The van der Waals surface area contributed by atoms with Crippen molar-refractivity contribution in [3.63, 3.8) is 0 Å². The molecule has 0 aromatic heterocycles. The van der Waals surface area contributed by atoms with E-state index in [-0.39, 0.29) is 5.78 Å². The summed E-state index contributed by atoms with van der Waals surface area (Å²) >= 11 is 0. The number of hydrogen-bond donors (Lipinski definition) is 0. The SMILES string of the molecule is CCC#CCCC(=O)C=[N+]=[N-]. The first kappa shape index (κ1) is 9.61. The predicted molar refractivity (Wildman–Crippen MR) is 42.0 cm³/mol. The molecule has 0 aromatic rings. The van der Waals surface area contributed by atoms with Crippen LogP contribution >= 0.6 is 0 Å². The molecule has 58 valence electrons. The lowest BCUT2D eigenvalue weighted by Crippen LogP contribution is -1.97. The maximum Gasteiger partial charge on any atom is 0.323 e. The number of ketones is 1. The molecular formula is C8H10N2O. The summed E-state index contributed by atoms with van der Waals surface area (Å²) in [4.78, 5) is 13.2. The molecule has 0 saturated carbocycles. The molecule has 0 aliphatic carbocycles. The Morgan fingerprint density at radius 2 is 2.36 bits per heavy atom. The van der Waals surface area contributed by atoms with Crippen LogP contribution in [0, 0.1) is 11.8 Å². The highest BCUT2D eigenvalue weighted by atomic mass is 16.1. The highest BCUT2D eigenvalue weighted by Gasteiger charge is 1.98. The van der Waals surface area contributed by atoms with Gasteiger partial charge >= 0.3 is 6.21 Å². The van der Waals surface area contributed by atoms with Gasteiger partial charge in [0.15, 0.2) is 0 Å². The minimum Gasteiger partial charge on any atom is -0.361 e. The lowest BCUT2D eigenvalue weighted by atomic mass is 10.2. The molecule has 0 saturated heterocycles. The normalized spacial score (nSPS) is 7.36. The third-order valence-electron chi connectivity index (χ3n) is 1.000. The molecule has 0 rings (SSSR count). The lowest BCUT2D eigenvalue weighted by Gasteiger charge is -1.80. The molecule has 0 aliphatic rings. The minimum absolute atomic E-state index is 0.196. The van der Waals surface area contributed by atoms with Crippen LogP contribution in [0.15, 0.2) is 0 Å². The Balaban J connectivity index is 3.54. The van der Waals surface area contributed by atoms with Crippen LogP contribution in [0.5, 0.6) is 0 Å². The summed E-state index contributed by atoms with van der Waals surface area (Å²) in [6.45, 7) is 1.95. The average molecular weight is 150 g/mol. The van der Waals surface area contributed by atoms with Crippen molar-refractivity contribution < 1.29 is 9.58 Å². The van der Waals surface area contributed by atoms with E-state index in [2.05, 4.69) is 16.6 Å². The number of Topliss-reactive ketones (excluding diaryl/α,β-unsaturated/α-hetero) is 1. The van der Waals surface area contributed by atoms with Gasteiger partial charge in [0.25, 0.3) is 0 Å². The monoisotopic (exact) mass is 150 g/mol. The Hall–Kier alpha value is -1.39. The second-order valence-electron chi connectivity index (χ2n) is 1.92. The van der Waals surface area contributed by atoms with Crippen molar-refractivity contribution in [2.75, 3.05) is 0 Å². The zero-order chi connectivity index (χ0) is 8.53. The van der Waals surface area contributed by atoms with Gasteiger partial charge in [-0.1, -0.05) is 6.92 Å². The van der Waals surface area contributed by atoms with Crippen molar-refractivity contribution in [2.24, 2.45) is 0 Å². The highest BCUT2D eigenvalue weighted by Crippen LogP contribution is 1.86. The quantitative estimate of drug-likeness (QED) is 0.257. The van der Waals surface area contributed by atoms with Gasteiger partial charge in [-0.2, -0.15) is 4.79 Å². The van der Waals surface area contributed by atoms with Gasteiger partial charge in [0.2, 0.25) is 5.78 Å². The lowest BCUT2D eigenvalue weighted by molar-refractivity contribution is -0.115. The summed E-state index contributed by atoms with van der Waals surface area (Å²) in [5.74, 6) is 5.45. The third-order valence-corrected chi connectivity index (χ3v) is 1.000. The molecule has 0 spiro atoms. The predicted octanol–water partition coefficient (Wildman–Crippen LogP) is 1.05. The Bertz CT molecular complexity index is 228. The zero-order valence-electron chi connectivity index (χ0n) is 6.50. The molecule has 0 heterocycles. The highest BCUT2D eigenvalue weighted by molar-refractivity contribution is 6.25. The fraction of sp³-hybridized carbons (Fsp3) is 0.500. The van der Waals surface area contributed by atoms with Crippen LogP contribution in [0.1, 0.15) is 26.2 Å². The second kappa shape index (κ2) is 6.73. The number of nitrogens with zero attached hydrogens (tertiary/aromatic N) is 2. The van der Waals surface area contributed by atoms with E-state index < -0.39 is 0 Å². The number of hydrogen-bond acceptors (Lipinski definition) is 1. The fourth-order valence-electron chi connectivity index (χ4n) is 0.528. The Morgan fingerprint density at radius 1 is 1.64 bits per heavy atom. The molecule has 0 fully saturated rings. The molecule has 0 N–H and O–H groups in total. The van der Waals surface area contributed by atoms with Gasteiger partial charge in [0, 0.05) is 19.3 Å². The van der Waals surface area contributed by atoms with Crippen molar-refractivity contribution in [2.45, 2.75) is 26.2 Å². The summed E-state index contributed by atoms with van der Waals surface area (Å²) in [5.41, 5.74) is 7.95. The van der Waals surface area contributed by atoms with E-state index in [1.54, 1.807) is 0 Å². The molecule has 0 radical (unpaired) electrons. The van der Waals surface area contributed by atoms with Gasteiger partial charge < -0.3 is 5.53 Å². The van der Waals surface area contributed by atoms with E-state index in [4.69, 9.17) is 5.53 Å². The molecule has 0 unspecified atom stereocenters. The van der Waals surface area contributed by atoms with E-state index in [1.165, 1.54) is 0 Å². The van der Waals surface area contributed by atoms with Crippen molar-refractivity contribution in [1.29, 1.82) is 0 Å². The van der Waals surface area contributed by atoms with Gasteiger partial charge in [0.05, 0.1) is 0 Å². The number of carbonyl (C=O) groups excluding carboxylic acids is 1. The van der Waals surface area contributed by atoms with Crippen LogP contribution in [0.3, 0.4) is 0 Å². The van der Waals surface area contributed by atoms with Gasteiger partial charge in [-0.25, -0.2) is 0 Å². The third kappa shape index (κ3) is 6.50. The fourth-order valence-corrected chi connectivity index (χ4v) is 0.528. The zero-order valence-corrected chi connectivity index (χ0v) is 6.50. The number of rotatable bonds is 3. The van der Waals surface area contributed by atoms with Crippen LogP contribution in [0.4, 0.5) is 0 Å².